The second kappa shape index (κ2) is 5.03. The minimum absolute atomic E-state index is 0.212. The zero-order valence-electron chi connectivity index (χ0n) is 6.50. The Balaban J connectivity index is 3.39. The molecular weight excluding hydrogens is 128 g/mol. The summed E-state index contributed by atoms with van der Waals surface area (Å²) in [5, 5.41) is 8.46. The summed E-state index contributed by atoms with van der Waals surface area (Å²) < 4.78 is 0. The first kappa shape index (κ1) is 9.21. The fourth-order valence-corrected chi connectivity index (χ4v) is 0.636. The first-order chi connectivity index (χ1) is 4.68. The molecule has 0 aliphatic carbocycles. The molecule has 0 aromatic rings. The second-order valence-corrected chi connectivity index (χ2v) is 2.39. The van der Waals surface area contributed by atoms with Crippen LogP contribution in [0.25, 0.3) is 0 Å². The maximum Gasteiger partial charge on any atom is 0.306 e. The molecule has 1 atom stereocenters. The van der Waals surface area contributed by atoms with Crippen LogP contribution in [0.4, 0.5) is 0 Å². The quantitative estimate of drug-likeness (QED) is 0.610. The van der Waals surface area contributed by atoms with Crippen LogP contribution in [-0.2, 0) is 4.79 Å². The van der Waals surface area contributed by atoms with Crippen LogP contribution >= 0.6 is 0 Å². The van der Waals surface area contributed by atoms with Gasteiger partial charge in [0.1, 0.15) is 0 Å². The Morgan fingerprint density at radius 2 is 2.30 bits per heavy atom. The number of allylic oxidation sites excluding steroid dienone is 2. The largest absolute Gasteiger partial charge is 0.481 e. The normalized spacial score (nSPS) is 13.8. The fourth-order valence-electron chi connectivity index (χ4n) is 0.636. The molecule has 0 saturated heterocycles. The number of hydrogen-bond donors (Lipinski definition) is 1. The van der Waals surface area contributed by atoms with Gasteiger partial charge in [-0.15, -0.1) is 0 Å². The van der Waals surface area contributed by atoms with E-state index in [1.807, 2.05) is 19.1 Å². The highest BCUT2D eigenvalue weighted by atomic mass is 16.4. The van der Waals surface area contributed by atoms with Crippen molar-refractivity contribution < 1.29 is 9.90 Å². The van der Waals surface area contributed by atoms with Gasteiger partial charge in [0.2, 0.25) is 0 Å². The Bertz CT molecular complexity index is 127. The van der Waals surface area contributed by atoms with Crippen molar-refractivity contribution in [2.24, 2.45) is 5.92 Å². The summed E-state index contributed by atoms with van der Waals surface area (Å²) in [6.07, 6.45) is 5.53. The third kappa shape index (κ3) is 4.13. The number of carboxylic acids is 1. The zero-order chi connectivity index (χ0) is 7.98. The average molecular weight is 142 g/mol. The van der Waals surface area contributed by atoms with Crippen molar-refractivity contribution in [3.63, 3.8) is 0 Å². The summed E-state index contributed by atoms with van der Waals surface area (Å²) in [7, 11) is 0. The molecule has 0 fully saturated rings. The van der Waals surface area contributed by atoms with Crippen LogP contribution in [0.3, 0.4) is 0 Å². The molecule has 0 aliphatic heterocycles. The lowest BCUT2D eigenvalue weighted by Gasteiger charge is -2.01. The molecule has 0 rings (SSSR count). The van der Waals surface area contributed by atoms with Crippen molar-refractivity contribution in [3.8, 4) is 0 Å². The summed E-state index contributed by atoms with van der Waals surface area (Å²) in [4.78, 5) is 10.3. The maximum absolute atomic E-state index is 10.3. The topological polar surface area (TPSA) is 37.3 Å². The first-order valence-corrected chi connectivity index (χ1v) is 3.52. The molecule has 1 N–H and O–H groups in total. The van der Waals surface area contributed by atoms with Gasteiger partial charge in [0, 0.05) is 0 Å². The molecule has 58 valence electrons. The van der Waals surface area contributed by atoms with E-state index >= 15 is 0 Å². The van der Waals surface area contributed by atoms with E-state index in [2.05, 4.69) is 0 Å². The van der Waals surface area contributed by atoms with Crippen LogP contribution in [-0.4, -0.2) is 11.1 Å². The Morgan fingerprint density at radius 1 is 1.70 bits per heavy atom. The number of hydrogen-bond acceptors (Lipinski definition) is 1. The molecule has 2 heteroatoms. The van der Waals surface area contributed by atoms with E-state index in [0.29, 0.717) is 0 Å². The molecule has 0 aromatic heterocycles. The summed E-state index contributed by atoms with van der Waals surface area (Å²) in [6.45, 7) is 3.66. The SMILES string of the molecule is CC=CCC[C@@H](C)C(=O)O. The van der Waals surface area contributed by atoms with Crippen molar-refractivity contribution in [1.82, 2.24) is 0 Å². The van der Waals surface area contributed by atoms with Crippen LogP contribution in [0.1, 0.15) is 26.7 Å². The molecule has 0 heterocycles. The predicted octanol–water partition coefficient (Wildman–Crippen LogP) is 2.06. The molecule has 2 nitrogen and oxygen atoms in total. The molecule has 0 radical (unpaired) electrons. The molecule has 10 heavy (non-hydrogen) atoms. The maximum atomic E-state index is 10.3. The van der Waals surface area contributed by atoms with Crippen LogP contribution in [0, 0.1) is 5.92 Å². The van der Waals surface area contributed by atoms with E-state index in [9.17, 15) is 4.79 Å². The lowest BCUT2D eigenvalue weighted by Crippen LogP contribution is -2.08. The third-order valence-corrected chi connectivity index (χ3v) is 1.42. The molecule has 0 bridgehead atoms. The van der Waals surface area contributed by atoms with Crippen molar-refractivity contribution in [2.45, 2.75) is 26.7 Å². The second-order valence-electron chi connectivity index (χ2n) is 2.39. The number of carboxylic acid groups (broad SMARTS) is 1. The highest BCUT2D eigenvalue weighted by Crippen LogP contribution is 2.05. The van der Waals surface area contributed by atoms with Crippen molar-refractivity contribution >= 4 is 5.97 Å². The number of rotatable bonds is 4. The van der Waals surface area contributed by atoms with Gasteiger partial charge in [-0.3, -0.25) is 4.79 Å². The summed E-state index contributed by atoms with van der Waals surface area (Å²) >= 11 is 0. The summed E-state index contributed by atoms with van der Waals surface area (Å²) in [5.74, 6) is -0.916. The zero-order valence-corrected chi connectivity index (χ0v) is 6.50. The van der Waals surface area contributed by atoms with Gasteiger partial charge in [0.25, 0.3) is 0 Å². The highest BCUT2D eigenvalue weighted by molar-refractivity contribution is 5.69. The van der Waals surface area contributed by atoms with E-state index in [-0.39, 0.29) is 5.92 Å². The summed E-state index contributed by atoms with van der Waals surface area (Å²) in [5.41, 5.74) is 0. The Morgan fingerprint density at radius 3 is 2.70 bits per heavy atom. The average Bonchev–Trinajstić information content (AvgIpc) is 1.88. The van der Waals surface area contributed by atoms with Crippen LogP contribution in [0.5, 0.6) is 0 Å². The summed E-state index contributed by atoms with van der Waals surface area (Å²) in [6, 6.07) is 0. The third-order valence-electron chi connectivity index (χ3n) is 1.42. The van der Waals surface area contributed by atoms with Gasteiger partial charge in [0.15, 0.2) is 0 Å². The van der Waals surface area contributed by atoms with Crippen molar-refractivity contribution in [3.05, 3.63) is 12.2 Å². The molecule has 0 spiro atoms. The molecule has 0 saturated carbocycles. The van der Waals surface area contributed by atoms with Crippen molar-refractivity contribution in [1.29, 1.82) is 0 Å². The van der Waals surface area contributed by atoms with Gasteiger partial charge in [-0.25, -0.2) is 0 Å². The van der Waals surface area contributed by atoms with Crippen LogP contribution < -0.4 is 0 Å². The fraction of sp³-hybridized carbons (Fsp3) is 0.625. The molecule has 0 amide bonds. The van der Waals surface area contributed by atoms with Gasteiger partial charge in [-0.1, -0.05) is 19.1 Å². The minimum atomic E-state index is -0.704. The minimum Gasteiger partial charge on any atom is -0.481 e. The van der Waals surface area contributed by atoms with E-state index in [1.165, 1.54) is 0 Å². The predicted molar refractivity (Wildman–Crippen MR) is 40.8 cm³/mol. The van der Waals surface area contributed by atoms with E-state index in [4.69, 9.17) is 5.11 Å². The molecule has 0 unspecified atom stereocenters. The lowest BCUT2D eigenvalue weighted by atomic mass is 10.1. The first-order valence-electron chi connectivity index (χ1n) is 3.52. The van der Waals surface area contributed by atoms with Gasteiger partial charge in [-0.05, 0) is 19.8 Å². The smallest absolute Gasteiger partial charge is 0.306 e. The van der Waals surface area contributed by atoms with E-state index in [0.717, 1.165) is 12.8 Å². The van der Waals surface area contributed by atoms with Gasteiger partial charge < -0.3 is 5.11 Å². The van der Waals surface area contributed by atoms with Gasteiger partial charge in [-0.2, -0.15) is 0 Å². The Kier molecular flexibility index (Phi) is 4.63. The van der Waals surface area contributed by atoms with E-state index < -0.39 is 5.97 Å². The molecule has 0 aliphatic rings. The lowest BCUT2D eigenvalue weighted by molar-refractivity contribution is -0.141. The Hall–Kier alpha value is -0.790. The van der Waals surface area contributed by atoms with Gasteiger partial charge >= 0.3 is 5.97 Å². The van der Waals surface area contributed by atoms with Gasteiger partial charge in [0.05, 0.1) is 5.92 Å². The number of carbonyl (C=O) groups is 1. The number of aliphatic carboxylic acids is 1. The molecular formula is C8H14O2. The van der Waals surface area contributed by atoms with Crippen LogP contribution in [0.15, 0.2) is 12.2 Å². The van der Waals surface area contributed by atoms with E-state index in [1.54, 1.807) is 6.92 Å². The molecule has 0 aromatic carbocycles. The van der Waals surface area contributed by atoms with Crippen molar-refractivity contribution in [2.75, 3.05) is 0 Å². The Labute approximate surface area is 61.6 Å². The van der Waals surface area contributed by atoms with Crippen LogP contribution in [0.2, 0.25) is 0 Å². The highest BCUT2D eigenvalue weighted by Gasteiger charge is 2.07. The standard InChI is InChI=1S/C8H14O2/c1-3-4-5-6-7(2)8(9)10/h3-4,7H,5-6H2,1-2H3,(H,9,10)/t7-/m1/s1. The monoisotopic (exact) mass is 142 g/mol.